The Morgan fingerprint density at radius 1 is 0.656 bits per heavy atom. The lowest BCUT2D eigenvalue weighted by Crippen LogP contribution is -2.22. The van der Waals surface area contributed by atoms with Crippen LogP contribution in [0.5, 0.6) is 0 Å². The van der Waals surface area contributed by atoms with Crippen LogP contribution in [0.25, 0.3) is 0 Å². The predicted molar refractivity (Wildman–Crippen MR) is 109 cm³/mol. The van der Waals surface area contributed by atoms with Crippen molar-refractivity contribution in [3.05, 3.63) is 60.2 Å². The third-order valence-corrected chi connectivity index (χ3v) is 5.52. The van der Waals surface area contributed by atoms with Gasteiger partial charge < -0.3 is 0 Å². The van der Waals surface area contributed by atoms with Gasteiger partial charge in [0.05, 0.1) is 35.9 Å². The van der Waals surface area contributed by atoms with Gasteiger partial charge in [-0.15, -0.1) is 0 Å². The Morgan fingerprint density at radius 3 is 1.25 bits per heavy atom. The first-order valence-electron chi connectivity index (χ1n) is 8.36. The molecule has 0 unspecified atom stereocenters. The maximum Gasteiger partial charge on any atom is 0.258 e. The number of nitrogens with two attached hydrogens (primary N) is 2. The molecule has 3 rings (SSSR count). The highest BCUT2D eigenvalue weighted by atomic mass is 32.2. The Hall–Kier alpha value is -3.86. The number of primary sulfonamides is 2. The summed E-state index contributed by atoms with van der Waals surface area (Å²) in [4.78, 5) is 39.3. The second-order valence-electron chi connectivity index (χ2n) is 6.03. The van der Waals surface area contributed by atoms with Crippen molar-refractivity contribution in [1.29, 1.82) is 0 Å². The lowest BCUT2D eigenvalue weighted by Gasteiger charge is -2.09. The molecule has 0 aliphatic carbocycles. The van der Waals surface area contributed by atoms with E-state index in [0.717, 1.165) is 24.8 Å². The second-order valence-corrected chi connectivity index (χ2v) is 9.15. The minimum Gasteiger partial charge on any atom is -0.290 e. The first-order chi connectivity index (χ1) is 14.9. The maximum atomic E-state index is 12.6. The zero-order chi connectivity index (χ0) is 23.5. The number of aromatic nitrogens is 4. The van der Waals surface area contributed by atoms with E-state index in [2.05, 4.69) is 30.6 Å². The minimum absolute atomic E-state index is 0.0646. The highest BCUT2D eigenvalue weighted by Crippen LogP contribution is 2.14. The average Bonchev–Trinajstić information content (AvgIpc) is 2.73. The van der Waals surface area contributed by atoms with Gasteiger partial charge in [0.2, 0.25) is 31.9 Å². The molecule has 0 atom stereocenters. The molecular weight excluding hydrogens is 464 g/mol. The summed E-state index contributed by atoms with van der Waals surface area (Å²) >= 11 is 0. The van der Waals surface area contributed by atoms with Crippen molar-refractivity contribution < 1.29 is 26.4 Å². The van der Waals surface area contributed by atoms with Crippen LogP contribution in [0, 0.1) is 0 Å². The number of carbonyl (C=O) groups is 2. The zero-order valence-corrected chi connectivity index (χ0v) is 17.5. The van der Waals surface area contributed by atoms with Gasteiger partial charge in [-0.1, -0.05) is 12.1 Å². The number of nitrogens with one attached hydrogen (secondary N) is 2. The molecule has 0 aliphatic rings. The van der Waals surface area contributed by atoms with Crippen LogP contribution in [0.2, 0.25) is 0 Å². The Bertz CT molecular complexity index is 1280. The highest BCUT2D eigenvalue weighted by molar-refractivity contribution is 7.89. The molecule has 1 aromatic carbocycles. The molecule has 0 saturated carbocycles. The lowest BCUT2D eigenvalue weighted by atomic mass is 10.1. The van der Waals surface area contributed by atoms with E-state index in [-0.39, 0.29) is 32.8 Å². The molecule has 0 saturated heterocycles. The highest BCUT2D eigenvalue weighted by Gasteiger charge is 2.19. The number of anilines is 2. The van der Waals surface area contributed by atoms with Crippen LogP contribution in [0.3, 0.4) is 0 Å². The topological polar surface area (TPSA) is 230 Å². The van der Waals surface area contributed by atoms with Gasteiger partial charge in [0.25, 0.3) is 11.8 Å². The predicted octanol–water partition coefficient (Wildman–Crippen LogP) is -0.934. The molecule has 2 aromatic heterocycles. The SMILES string of the molecule is NS(=O)(=O)c1cnc(NC(=O)c2ccccc2C(=O)Nc2ncc(S(N)(=O)=O)cn2)nc1. The van der Waals surface area contributed by atoms with Gasteiger partial charge in [-0.25, -0.2) is 47.0 Å². The van der Waals surface area contributed by atoms with Crippen molar-refractivity contribution >= 4 is 43.8 Å². The molecule has 6 N–H and O–H groups in total. The molecular formula is C16H14N8O6S2. The zero-order valence-electron chi connectivity index (χ0n) is 15.8. The number of nitrogens with zero attached hydrogens (tertiary/aromatic N) is 4. The largest absolute Gasteiger partial charge is 0.290 e. The van der Waals surface area contributed by atoms with Crippen LogP contribution in [0.4, 0.5) is 11.9 Å². The van der Waals surface area contributed by atoms with Crippen molar-refractivity contribution in [3.63, 3.8) is 0 Å². The second kappa shape index (κ2) is 8.71. The molecule has 0 spiro atoms. The van der Waals surface area contributed by atoms with Crippen LogP contribution in [-0.4, -0.2) is 48.6 Å². The van der Waals surface area contributed by atoms with Gasteiger partial charge >= 0.3 is 0 Å². The molecule has 2 amide bonds. The summed E-state index contributed by atoms with van der Waals surface area (Å²) in [5.41, 5.74) is -0.129. The Kier molecular flexibility index (Phi) is 6.21. The lowest BCUT2D eigenvalue weighted by molar-refractivity contribution is 0.0989. The fourth-order valence-corrected chi connectivity index (χ4v) is 3.07. The van der Waals surface area contributed by atoms with Gasteiger partial charge in [0.15, 0.2) is 0 Å². The molecule has 14 nitrogen and oxygen atoms in total. The van der Waals surface area contributed by atoms with E-state index >= 15 is 0 Å². The summed E-state index contributed by atoms with van der Waals surface area (Å²) in [5.74, 6) is -1.96. The van der Waals surface area contributed by atoms with Gasteiger partial charge in [-0.3, -0.25) is 20.2 Å². The summed E-state index contributed by atoms with van der Waals surface area (Å²) < 4.78 is 45.0. The number of hydrogen-bond donors (Lipinski definition) is 4. The number of sulfonamides is 2. The van der Waals surface area contributed by atoms with E-state index < -0.39 is 31.9 Å². The van der Waals surface area contributed by atoms with E-state index in [1.165, 1.54) is 24.3 Å². The fraction of sp³-hybridized carbons (Fsp3) is 0. The smallest absolute Gasteiger partial charge is 0.258 e. The molecule has 3 aromatic rings. The first-order valence-corrected chi connectivity index (χ1v) is 11.5. The summed E-state index contributed by atoms with van der Waals surface area (Å²) in [5, 5.41) is 14.6. The molecule has 0 fully saturated rings. The quantitative estimate of drug-likeness (QED) is 0.340. The number of carbonyl (C=O) groups excluding carboxylic acids is 2. The average molecular weight is 478 g/mol. The van der Waals surface area contributed by atoms with Gasteiger partial charge in [0, 0.05) is 0 Å². The van der Waals surface area contributed by atoms with Crippen molar-refractivity contribution in [1.82, 2.24) is 19.9 Å². The van der Waals surface area contributed by atoms with Crippen LogP contribution in [0.15, 0.2) is 58.8 Å². The van der Waals surface area contributed by atoms with Crippen molar-refractivity contribution in [2.75, 3.05) is 10.6 Å². The first kappa shape index (κ1) is 22.8. The standard InChI is InChI=1S/C16H14N8O6S2/c17-31(27,28)9-5-19-15(20-6-9)23-13(25)11-3-1-2-4-12(11)14(26)24-16-21-7-10(8-22-16)32(18,29)30/h1-8H,(H2,17,27,28)(H2,18,29,30)(H,19,20,23,25)(H,21,22,24,26). The van der Waals surface area contributed by atoms with Gasteiger partial charge in [-0.2, -0.15) is 0 Å². The fourth-order valence-electron chi connectivity index (χ4n) is 2.27. The van der Waals surface area contributed by atoms with Crippen LogP contribution >= 0.6 is 0 Å². The van der Waals surface area contributed by atoms with E-state index in [4.69, 9.17) is 10.3 Å². The summed E-state index contributed by atoms with van der Waals surface area (Å²) in [7, 11) is -8.00. The monoisotopic (exact) mass is 478 g/mol. The van der Waals surface area contributed by atoms with Crippen LogP contribution in [0.1, 0.15) is 20.7 Å². The van der Waals surface area contributed by atoms with Crippen molar-refractivity contribution in [2.24, 2.45) is 10.3 Å². The molecule has 0 bridgehead atoms. The Morgan fingerprint density at radius 2 is 0.969 bits per heavy atom. The van der Waals surface area contributed by atoms with E-state index in [1.54, 1.807) is 0 Å². The molecule has 32 heavy (non-hydrogen) atoms. The molecule has 2 heterocycles. The third-order valence-electron chi connectivity index (χ3n) is 3.78. The van der Waals surface area contributed by atoms with Crippen LogP contribution in [-0.2, 0) is 20.0 Å². The van der Waals surface area contributed by atoms with E-state index in [9.17, 15) is 26.4 Å². The van der Waals surface area contributed by atoms with E-state index in [0.29, 0.717) is 0 Å². The molecule has 16 heteroatoms. The molecule has 0 aliphatic heterocycles. The summed E-state index contributed by atoms with van der Waals surface area (Å²) in [6.45, 7) is 0. The van der Waals surface area contributed by atoms with Gasteiger partial charge in [-0.05, 0) is 12.1 Å². The van der Waals surface area contributed by atoms with Crippen LogP contribution < -0.4 is 20.9 Å². The van der Waals surface area contributed by atoms with Gasteiger partial charge in [0.1, 0.15) is 9.79 Å². The normalized spacial score (nSPS) is 11.6. The summed E-state index contributed by atoms with van der Waals surface area (Å²) in [6, 6.07) is 5.73. The van der Waals surface area contributed by atoms with Crippen molar-refractivity contribution in [3.8, 4) is 0 Å². The number of rotatable bonds is 6. The molecule has 166 valence electrons. The maximum absolute atomic E-state index is 12.6. The molecule has 0 radical (unpaired) electrons. The van der Waals surface area contributed by atoms with Crippen molar-refractivity contribution in [2.45, 2.75) is 9.79 Å². The summed E-state index contributed by atoms with van der Waals surface area (Å²) in [6.07, 6.45) is 3.66. The Balaban J connectivity index is 1.79. The third kappa shape index (κ3) is 5.43. The number of hydrogen-bond acceptors (Lipinski definition) is 10. The number of benzene rings is 1. The minimum atomic E-state index is -4.00. The Labute approximate surface area is 181 Å². The number of amides is 2. The van der Waals surface area contributed by atoms with E-state index in [1.807, 2.05) is 0 Å².